The first-order chi connectivity index (χ1) is 11.0. The molecule has 1 saturated heterocycles. The fourth-order valence-electron chi connectivity index (χ4n) is 2.86. The lowest BCUT2D eigenvalue weighted by molar-refractivity contribution is 0.0720. The molecule has 23 heavy (non-hydrogen) atoms. The molecule has 1 aliphatic heterocycles. The highest BCUT2D eigenvalue weighted by atomic mass is 35.5. The summed E-state index contributed by atoms with van der Waals surface area (Å²) in [5.74, 6) is 0. The summed E-state index contributed by atoms with van der Waals surface area (Å²) in [5, 5.41) is -0.0384. The van der Waals surface area contributed by atoms with Gasteiger partial charge in [-0.3, -0.25) is 0 Å². The van der Waals surface area contributed by atoms with E-state index in [0.29, 0.717) is 16.3 Å². The van der Waals surface area contributed by atoms with Crippen molar-refractivity contribution < 1.29 is 13.2 Å². The number of hydrogen-bond donors (Lipinski definition) is 0. The lowest BCUT2D eigenvalue weighted by Gasteiger charge is -2.19. The molecule has 120 valence electrons. The molecule has 3 nitrogen and oxygen atoms in total. The van der Waals surface area contributed by atoms with Gasteiger partial charge in [-0.2, -0.15) is 0 Å². The van der Waals surface area contributed by atoms with Crippen LogP contribution < -0.4 is 0 Å². The molecule has 0 aliphatic carbocycles. The molecular weight excluding hydrogens is 332 g/mol. The highest BCUT2D eigenvalue weighted by molar-refractivity contribution is 7.92. The molecule has 0 radical (unpaired) electrons. The van der Waals surface area contributed by atoms with Crippen LogP contribution in [0.2, 0.25) is 5.02 Å². The van der Waals surface area contributed by atoms with Gasteiger partial charge in [-0.05, 0) is 36.2 Å². The predicted molar refractivity (Wildman–Crippen MR) is 91.3 cm³/mol. The maximum absolute atomic E-state index is 13.0. The van der Waals surface area contributed by atoms with E-state index < -0.39 is 21.2 Å². The first-order valence-corrected chi connectivity index (χ1v) is 9.27. The van der Waals surface area contributed by atoms with Crippen molar-refractivity contribution in [3.8, 4) is 0 Å². The molecule has 2 aromatic carbocycles. The van der Waals surface area contributed by atoms with E-state index in [1.54, 1.807) is 48.5 Å². The van der Waals surface area contributed by atoms with Crippen LogP contribution in [0.3, 0.4) is 0 Å². The van der Waals surface area contributed by atoms with Gasteiger partial charge in [0.25, 0.3) is 0 Å². The zero-order chi connectivity index (χ0) is 16.4. The van der Waals surface area contributed by atoms with Gasteiger partial charge in [0.1, 0.15) is 6.10 Å². The normalized spacial score (nSPS) is 24.5. The Morgan fingerprint density at radius 1 is 1.09 bits per heavy atom. The molecule has 1 aliphatic rings. The van der Waals surface area contributed by atoms with Crippen molar-refractivity contribution in [1.82, 2.24) is 0 Å². The molecule has 1 fully saturated rings. The second-order valence-corrected chi connectivity index (χ2v) is 8.12. The molecule has 5 heteroatoms. The number of sulfone groups is 1. The van der Waals surface area contributed by atoms with Gasteiger partial charge in [0.2, 0.25) is 0 Å². The van der Waals surface area contributed by atoms with Gasteiger partial charge in [-0.1, -0.05) is 48.0 Å². The Hall–Kier alpha value is -1.62. The maximum Gasteiger partial charge on any atom is 0.184 e. The van der Waals surface area contributed by atoms with Gasteiger partial charge in [0, 0.05) is 5.02 Å². The van der Waals surface area contributed by atoms with Gasteiger partial charge in [0.15, 0.2) is 9.84 Å². The highest BCUT2D eigenvalue weighted by Crippen LogP contribution is 2.40. The first kappa shape index (κ1) is 16.2. The molecule has 0 amide bonds. The Bertz CT molecular complexity index is 785. The fourth-order valence-corrected chi connectivity index (χ4v) is 4.86. The van der Waals surface area contributed by atoms with Crippen molar-refractivity contribution in [3.05, 3.63) is 77.8 Å². The number of halogens is 1. The summed E-state index contributed by atoms with van der Waals surface area (Å²) in [4.78, 5) is 0.317. The van der Waals surface area contributed by atoms with Crippen molar-refractivity contribution >= 4 is 21.4 Å². The van der Waals surface area contributed by atoms with E-state index in [4.69, 9.17) is 16.3 Å². The standard InChI is InChI=1S/C18H17ClO3S/c1-2-15-12-17(23(20,21)16-6-4-3-5-7-16)18(22-15)13-8-10-14(19)11-9-13/h2-11,15,17-18H,1,12H2/t15-,17+,18-/m0/s1. The monoisotopic (exact) mass is 348 g/mol. The first-order valence-electron chi connectivity index (χ1n) is 7.35. The van der Waals surface area contributed by atoms with E-state index in [0.717, 1.165) is 5.56 Å². The fraction of sp³-hybridized carbons (Fsp3) is 0.222. The number of ether oxygens (including phenoxy) is 1. The third kappa shape index (κ3) is 3.20. The number of benzene rings is 2. The van der Waals surface area contributed by atoms with E-state index in [9.17, 15) is 8.42 Å². The summed E-state index contributed by atoms with van der Waals surface area (Å²) in [6.07, 6.45) is 1.25. The van der Waals surface area contributed by atoms with Crippen molar-refractivity contribution in [3.63, 3.8) is 0 Å². The molecule has 0 unspecified atom stereocenters. The topological polar surface area (TPSA) is 43.4 Å². The van der Waals surface area contributed by atoms with Crippen LogP contribution in [-0.4, -0.2) is 19.8 Å². The Labute approximate surface area is 141 Å². The number of rotatable bonds is 4. The van der Waals surface area contributed by atoms with Crippen molar-refractivity contribution in [2.45, 2.75) is 28.8 Å². The van der Waals surface area contributed by atoms with E-state index in [2.05, 4.69) is 6.58 Å². The molecule has 0 bridgehead atoms. The summed E-state index contributed by atoms with van der Waals surface area (Å²) in [7, 11) is -3.49. The molecule has 1 heterocycles. The Kier molecular flexibility index (Phi) is 4.57. The van der Waals surface area contributed by atoms with Crippen molar-refractivity contribution in [1.29, 1.82) is 0 Å². The summed E-state index contributed by atoms with van der Waals surface area (Å²) in [6, 6.07) is 15.6. The van der Waals surface area contributed by atoms with Gasteiger partial charge < -0.3 is 4.74 Å². The smallest absolute Gasteiger partial charge is 0.184 e. The van der Waals surface area contributed by atoms with Crippen LogP contribution in [0.5, 0.6) is 0 Å². The lowest BCUT2D eigenvalue weighted by atomic mass is 10.1. The summed E-state index contributed by atoms with van der Waals surface area (Å²) in [6.45, 7) is 3.73. The molecular formula is C18H17ClO3S. The Morgan fingerprint density at radius 3 is 2.35 bits per heavy atom. The molecule has 0 saturated carbocycles. The maximum atomic E-state index is 13.0. The molecule has 3 atom stereocenters. The lowest BCUT2D eigenvalue weighted by Crippen LogP contribution is -2.25. The van der Waals surface area contributed by atoms with Crippen LogP contribution in [0.4, 0.5) is 0 Å². The quantitative estimate of drug-likeness (QED) is 0.778. The zero-order valence-corrected chi connectivity index (χ0v) is 14.0. The molecule has 0 spiro atoms. The summed E-state index contributed by atoms with van der Waals surface area (Å²) < 4.78 is 31.9. The predicted octanol–water partition coefficient (Wildman–Crippen LogP) is 4.20. The highest BCUT2D eigenvalue weighted by Gasteiger charge is 2.43. The Morgan fingerprint density at radius 2 is 1.74 bits per heavy atom. The molecule has 3 rings (SSSR count). The third-order valence-electron chi connectivity index (χ3n) is 4.06. The van der Waals surface area contributed by atoms with Gasteiger partial charge in [0.05, 0.1) is 16.2 Å². The molecule has 2 aromatic rings. The summed E-state index contributed by atoms with van der Waals surface area (Å²) >= 11 is 5.92. The van der Waals surface area contributed by atoms with Crippen LogP contribution in [-0.2, 0) is 14.6 Å². The van der Waals surface area contributed by atoms with Gasteiger partial charge in [-0.25, -0.2) is 8.42 Å². The average Bonchev–Trinajstić information content (AvgIpc) is 3.01. The van der Waals surface area contributed by atoms with Crippen molar-refractivity contribution in [2.75, 3.05) is 0 Å². The van der Waals surface area contributed by atoms with Gasteiger partial charge >= 0.3 is 0 Å². The largest absolute Gasteiger partial charge is 0.365 e. The number of hydrogen-bond acceptors (Lipinski definition) is 3. The molecule has 0 N–H and O–H groups in total. The SMILES string of the molecule is C=C[C@H]1C[C@@H](S(=O)(=O)c2ccccc2)[C@H](c2ccc(Cl)cc2)O1. The van der Waals surface area contributed by atoms with E-state index in [-0.39, 0.29) is 6.10 Å². The third-order valence-corrected chi connectivity index (χ3v) is 6.47. The minimum Gasteiger partial charge on any atom is -0.365 e. The second-order valence-electron chi connectivity index (χ2n) is 5.51. The Balaban J connectivity index is 2.01. The van der Waals surface area contributed by atoms with E-state index in [1.165, 1.54) is 0 Å². The van der Waals surface area contributed by atoms with Crippen LogP contribution in [0.25, 0.3) is 0 Å². The van der Waals surface area contributed by atoms with Crippen LogP contribution in [0.15, 0.2) is 72.1 Å². The second kappa shape index (κ2) is 6.48. The minimum atomic E-state index is -3.49. The van der Waals surface area contributed by atoms with E-state index in [1.807, 2.05) is 12.1 Å². The van der Waals surface area contributed by atoms with Crippen LogP contribution in [0.1, 0.15) is 18.1 Å². The van der Waals surface area contributed by atoms with Crippen molar-refractivity contribution in [2.24, 2.45) is 0 Å². The van der Waals surface area contributed by atoms with Crippen LogP contribution in [0, 0.1) is 0 Å². The average molecular weight is 349 g/mol. The molecule has 0 aromatic heterocycles. The summed E-state index contributed by atoms with van der Waals surface area (Å²) in [5.41, 5.74) is 0.809. The van der Waals surface area contributed by atoms with Crippen LogP contribution >= 0.6 is 11.6 Å². The van der Waals surface area contributed by atoms with Gasteiger partial charge in [-0.15, -0.1) is 6.58 Å². The zero-order valence-electron chi connectivity index (χ0n) is 12.4. The van der Waals surface area contributed by atoms with E-state index >= 15 is 0 Å². The minimum absolute atomic E-state index is 0.279.